The molecule has 0 aromatic carbocycles. The van der Waals surface area contributed by atoms with Crippen LogP contribution in [0.3, 0.4) is 0 Å². The van der Waals surface area contributed by atoms with Crippen LogP contribution < -0.4 is 5.32 Å². The summed E-state index contributed by atoms with van der Waals surface area (Å²) in [6.45, 7) is 11.6. The van der Waals surface area contributed by atoms with Gasteiger partial charge in [0, 0.05) is 29.6 Å². The van der Waals surface area contributed by atoms with E-state index in [1.807, 2.05) is 29.5 Å². The van der Waals surface area contributed by atoms with Gasteiger partial charge in [-0.3, -0.25) is 9.59 Å². The highest BCUT2D eigenvalue weighted by atomic mass is 32.1. The van der Waals surface area contributed by atoms with Crippen molar-refractivity contribution in [3.63, 3.8) is 0 Å². The second kappa shape index (κ2) is 9.04. The summed E-state index contributed by atoms with van der Waals surface area (Å²) in [6, 6.07) is 3.50. The zero-order valence-electron chi connectivity index (χ0n) is 21.4. The number of carbonyl (C=O) groups excluding carboxylic acids is 2. The van der Waals surface area contributed by atoms with E-state index in [0.29, 0.717) is 31.0 Å². The fraction of sp³-hybridized carbons (Fsp3) is 0.556. The number of rotatable bonds is 6. The van der Waals surface area contributed by atoms with Crippen LogP contribution in [0.2, 0.25) is 0 Å². The van der Waals surface area contributed by atoms with Crippen molar-refractivity contribution < 1.29 is 9.59 Å². The molecule has 1 unspecified atom stereocenters. The Balaban J connectivity index is 1.46. The van der Waals surface area contributed by atoms with Crippen LogP contribution in [0.25, 0.3) is 11.0 Å². The molecule has 0 radical (unpaired) electrons. The molecule has 7 nitrogen and oxygen atoms in total. The number of fused-ring (bicyclic) bond motifs is 2. The van der Waals surface area contributed by atoms with Crippen LogP contribution in [-0.2, 0) is 23.3 Å². The molecular weight excluding hydrogens is 458 g/mol. The smallest absolute Gasteiger partial charge is 0.252 e. The van der Waals surface area contributed by atoms with E-state index in [1.54, 1.807) is 11.3 Å². The van der Waals surface area contributed by atoms with Crippen molar-refractivity contribution in [3.05, 3.63) is 44.9 Å². The Morgan fingerprint density at radius 1 is 1.29 bits per heavy atom. The molecule has 3 aromatic heterocycles. The number of nitrogens with zero attached hydrogens (tertiary/aromatic N) is 4. The molecule has 0 saturated heterocycles. The van der Waals surface area contributed by atoms with Gasteiger partial charge in [-0.15, -0.1) is 11.3 Å². The zero-order valence-corrected chi connectivity index (χ0v) is 22.2. The van der Waals surface area contributed by atoms with Crippen LogP contribution in [0.1, 0.15) is 91.5 Å². The number of nitrogens with one attached hydrogen (secondary N) is 1. The SMILES string of the molecule is CCCC(NC(=O)c1cc(C2CC2)nc2c1c(C)nn2C(C)(C)C)C(=O)N1CCc2sccc2C1. The summed E-state index contributed by atoms with van der Waals surface area (Å²) in [7, 11) is 0. The predicted molar refractivity (Wildman–Crippen MR) is 139 cm³/mol. The van der Waals surface area contributed by atoms with Gasteiger partial charge in [0.2, 0.25) is 5.91 Å². The average molecular weight is 494 g/mol. The van der Waals surface area contributed by atoms with Crippen molar-refractivity contribution in [3.8, 4) is 0 Å². The van der Waals surface area contributed by atoms with E-state index in [2.05, 4.69) is 37.5 Å². The molecule has 5 rings (SSSR count). The van der Waals surface area contributed by atoms with E-state index in [-0.39, 0.29) is 17.4 Å². The fourth-order valence-corrected chi connectivity index (χ4v) is 5.87. The van der Waals surface area contributed by atoms with Gasteiger partial charge in [-0.2, -0.15) is 5.10 Å². The standard InChI is InChI=1S/C27H35N5O2S/c1-6-7-20(26(34)31-12-10-22-18(15-31)11-13-35-22)29-25(33)19-14-21(17-8-9-17)28-24-23(19)16(2)30-32(24)27(3,4)5/h11,13-14,17,20H,6-10,12,15H2,1-5H3,(H,29,33). The number of hydrogen-bond donors (Lipinski definition) is 1. The highest BCUT2D eigenvalue weighted by Crippen LogP contribution is 2.41. The number of carbonyl (C=O) groups is 2. The van der Waals surface area contributed by atoms with Gasteiger partial charge in [-0.05, 0) is 76.5 Å². The molecule has 1 fully saturated rings. The Morgan fingerprint density at radius 3 is 2.74 bits per heavy atom. The third kappa shape index (κ3) is 4.60. The Hall–Kier alpha value is -2.74. The molecule has 8 heteroatoms. The maximum absolute atomic E-state index is 13.7. The number of hydrogen-bond acceptors (Lipinski definition) is 5. The molecule has 1 saturated carbocycles. The second-order valence-electron chi connectivity index (χ2n) is 10.9. The van der Waals surface area contributed by atoms with Gasteiger partial charge in [-0.25, -0.2) is 9.67 Å². The first-order chi connectivity index (χ1) is 16.7. The summed E-state index contributed by atoms with van der Waals surface area (Å²) in [6.07, 6.45) is 4.50. The molecule has 186 valence electrons. The van der Waals surface area contributed by atoms with Crippen molar-refractivity contribution in [2.24, 2.45) is 0 Å². The molecule has 1 aliphatic heterocycles. The van der Waals surface area contributed by atoms with Gasteiger partial charge in [-0.1, -0.05) is 13.3 Å². The lowest BCUT2D eigenvalue weighted by atomic mass is 10.0. The van der Waals surface area contributed by atoms with E-state index in [1.165, 1.54) is 10.4 Å². The average Bonchev–Trinajstić information content (AvgIpc) is 3.46. The molecule has 1 N–H and O–H groups in total. The first kappa shape index (κ1) is 24.0. The minimum atomic E-state index is -0.543. The molecule has 3 aromatic rings. The molecule has 0 bridgehead atoms. The summed E-state index contributed by atoms with van der Waals surface area (Å²) >= 11 is 1.76. The lowest BCUT2D eigenvalue weighted by Crippen LogP contribution is -2.49. The lowest BCUT2D eigenvalue weighted by molar-refractivity contribution is -0.134. The molecule has 0 spiro atoms. The van der Waals surface area contributed by atoms with Crippen LogP contribution in [-0.4, -0.2) is 44.1 Å². The van der Waals surface area contributed by atoms with Crippen LogP contribution >= 0.6 is 11.3 Å². The predicted octanol–water partition coefficient (Wildman–Crippen LogP) is 4.92. The van der Waals surface area contributed by atoms with Gasteiger partial charge in [0.1, 0.15) is 6.04 Å². The first-order valence-corrected chi connectivity index (χ1v) is 13.6. The van der Waals surface area contributed by atoms with Crippen molar-refractivity contribution in [2.75, 3.05) is 6.54 Å². The van der Waals surface area contributed by atoms with Crippen molar-refractivity contribution in [1.29, 1.82) is 0 Å². The largest absolute Gasteiger partial charge is 0.340 e. The number of pyridine rings is 1. The van der Waals surface area contributed by atoms with Gasteiger partial charge in [0.05, 0.1) is 22.2 Å². The third-order valence-electron chi connectivity index (χ3n) is 7.01. The Kier molecular flexibility index (Phi) is 6.20. The minimum Gasteiger partial charge on any atom is -0.340 e. The number of aromatic nitrogens is 3. The topological polar surface area (TPSA) is 80.1 Å². The molecule has 35 heavy (non-hydrogen) atoms. The van der Waals surface area contributed by atoms with E-state index in [9.17, 15) is 9.59 Å². The van der Waals surface area contributed by atoms with Gasteiger partial charge < -0.3 is 10.2 Å². The van der Waals surface area contributed by atoms with Crippen molar-refractivity contribution in [2.45, 2.75) is 90.8 Å². The number of amides is 2. The maximum Gasteiger partial charge on any atom is 0.252 e. The molecule has 1 atom stereocenters. The van der Waals surface area contributed by atoms with Crippen molar-refractivity contribution in [1.82, 2.24) is 25.0 Å². The van der Waals surface area contributed by atoms with E-state index in [4.69, 9.17) is 10.1 Å². The van der Waals surface area contributed by atoms with Gasteiger partial charge >= 0.3 is 0 Å². The van der Waals surface area contributed by atoms with Crippen LogP contribution in [0.4, 0.5) is 0 Å². The summed E-state index contributed by atoms with van der Waals surface area (Å²) in [5, 5.41) is 10.8. The molecule has 4 heterocycles. The number of thiophene rings is 1. The Bertz CT molecular complexity index is 1280. The van der Waals surface area contributed by atoms with Crippen LogP contribution in [0, 0.1) is 6.92 Å². The van der Waals surface area contributed by atoms with Crippen LogP contribution in [0.5, 0.6) is 0 Å². The van der Waals surface area contributed by atoms with Crippen molar-refractivity contribution >= 4 is 34.2 Å². The van der Waals surface area contributed by atoms with Gasteiger partial charge in [0.25, 0.3) is 5.91 Å². The highest BCUT2D eigenvalue weighted by molar-refractivity contribution is 7.10. The third-order valence-corrected chi connectivity index (χ3v) is 8.03. The maximum atomic E-state index is 13.7. The molecule has 2 aliphatic rings. The molecule has 1 aliphatic carbocycles. The lowest BCUT2D eigenvalue weighted by Gasteiger charge is -2.31. The second-order valence-corrected chi connectivity index (χ2v) is 11.9. The normalized spacial score (nSPS) is 16.9. The van der Waals surface area contributed by atoms with E-state index in [0.717, 1.165) is 48.1 Å². The molecule has 2 amide bonds. The zero-order chi connectivity index (χ0) is 24.9. The Labute approximate surface area is 210 Å². The summed E-state index contributed by atoms with van der Waals surface area (Å²) in [5.41, 5.74) is 4.04. The molecular formula is C27H35N5O2S. The number of aryl methyl sites for hydroxylation is 1. The quantitative estimate of drug-likeness (QED) is 0.529. The summed E-state index contributed by atoms with van der Waals surface area (Å²) in [4.78, 5) is 35.5. The fourth-order valence-electron chi connectivity index (χ4n) is 4.98. The van der Waals surface area contributed by atoms with Crippen LogP contribution in [0.15, 0.2) is 17.5 Å². The van der Waals surface area contributed by atoms with Gasteiger partial charge in [0.15, 0.2) is 5.65 Å². The Morgan fingerprint density at radius 2 is 2.06 bits per heavy atom. The minimum absolute atomic E-state index is 0.00637. The summed E-state index contributed by atoms with van der Waals surface area (Å²) in [5.74, 6) is 0.193. The summed E-state index contributed by atoms with van der Waals surface area (Å²) < 4.78 is 1.93. The van der Waals surface area contributed by atoms with E-state index >= 15 is 0 Å². The monoisotopic (exact) mass is 493 g/mol. The van der Waals surface area contributed by atoms with E-state index < -0.39 is 6.04 Å². The first-order valence-electron chi connectivity index (χ1n) is 12.7. The highest BCUT2D eigenvalue weighted by Gasteiger charge is 2.33.